The second-order valence-corrected chi connectivity index (χ2v) is 11.2. The molecule has 0 aliphatic rings. The first-order valence-electron chi connectivity index (χ1n) is 10.0. The molecule has 0 fully saturated rings. The maximum absolute atomic E-state index is 14.9. The fourth-order valence-corrected chi connectivity index (χ4v) is 6.36. The summed E-state index contributed by atoms with van der Waals surface area (Å²) in [7, 11) is -3.94. The Morgan fingerprint density at radius 2 is 1.88 bits per heavy atom. The Morgan fingerprint density at radius 1 is 1.15 bits per heavy atom. The quantitative estimate of drug-likeness (QED) is 0.227. The second kappa shape index (κ2) is 9.14. The van der Waals surface area contributed by atoms with Gasteiger partial charge < -0.3 is 4.98 Å². The van der Waals surface area contributed by atoms with Crippen molar-refractivity contribution in [1.29, 1.82) is 0 Å². The third-order valence-electron chi connectivity index (χ3n) is 5.25. The number of hydrogen-bond acceptors (Lipinski definition) is 4. The Balaban J connectivity index is 1.76. The molecule has 0 spiro atoms. The van der Waals surface area contributed by atoms with Crippen molar-refractivity contribution in [3.63, 3.8) is 0 Å². The molecule has 0 saturated heterocycles. The van der Waals surface area contributed by atoms with E-state index in [1.165, 1.54) is 24.4 Å². The van der Waals surface area contributed by atoms with Crippen LogP contribution in [0.4, 0.5) is 10.1 Å². The van der Waals surface area contributed by atoms with Gasteiger partial charge in [0.1, 0.15) is 11.5 Å². The van der Waals surface area contributed by atoms with Crippen molar-refractivity contribution in [2.75, 3.05) is 4.72 Å². The van der Waals surface area contributed by atoms with Gasteiger partial charge in [-0.1, -0.05) is 51.2 Å². The molecule has 4 aromatic rings. The lowest BCUT2D eigenvalue weighted by atomic mass is 10.0. The van der Waals surface area contributed by atoms with Gasteiger partial charge >= 0.3 is 0 Å². The molecule has 33 heavy (non-hydrogen) atoms. The Labute approximate surface area is 201 Å². The number of pyridine rings is 1. The van der Waals surface area contributed by atoms with E-state index >= 15 is 0 Å². The summed E-state index contributed by atoms with van der Waals surface area (Å²) in [6, 6.07) is 12.4. The van der Waals surface area contributed by atoms with E-state index in [2.05, 4.69) is 19.2 Å². The Bertz CT molecular complexity index is 1480. The van der Waals surface area contributed by atoms with Crippen molar-refractivity contribution in [1.82, 2.24) is 9.97 Å². The van der Waals surface area contributed by atoms with Crippen molar-refractivity contribution in [2.24, 2.45) is 0 Å². The lowest BCUT2D eigenvalue weighted by Gasteiger charge is -2.14. The standard InChI is InChI=1S/C24H21FIN3O3S/c1-14(2)15-6-8-16(9-7-15)33(31,32)29-20-11-10-19(25)21(22(20)26-3)23(30)18-13-28-24-17(18)5-4-12-27-24/h4-14,29H,3H2,1-2H3,(H,27,28). The first kappa shape index (κ1) is 23.2. The maximum atomic E-state index is 14.9. The summed E-state index contributed by atoms with van der Waals surface area (Å²) in [5.74, 6) is -1.00. The average molecular weight is 577 g/mol. The molecule has 9 heteroatoms. The van der Waals surface area contributed by atoms with Gasteiger partial charge in [0.15, 0.2) is 5.78 Å². The van der Waals surface area contributed by atoms with E-state index in [1.807, 2.05) is 13.8 Å². The monoisotopic (exact) mass is 577 g/mol. The third kappa shape index (κ3) is 4.47. The molecule has 0 aliphatic carbocycles. The SMILES string of the molecule is C=Ic1c(NS(=O)(=O)c2ccc(C(C)C)cc2)ccc(F)c1C(=O)c1c[nH]c2ncccc12. The molecule has 0 unspecified atom stereocenters. The van der Waals surface area contributed by atoms with Crippen LogP contribution in [0.5, 0.6) is 0 Å². The molecule has 2 heterocycles. The van der Waals surface area contributed by atoms with Crippen molar-refractivity contribution >= 4 is 57.8 Å². The molecular weight excluding hydrogens is 556 g/mol. The van der Waals surface area contributed by atoms with Gasteiger partial charge in [-0.25, -0.2) is 17.8 Å². The van der Waals surface area contributed by atoms with Crippen LogP contribution in [0.15, 0.2) is 65.8 Å². The van der Waals surface area contributed by atoms with Gasteiger partial charge in [0.25, 0.3) is 10.0 Å². The van der Waals surface area contributed by atoms with E-state index in [9.17, 15) is 17.6 Å². The van der Waals surface area contributed by atoms with Crippen molar-refractivity contribution < 1.29 is 17.6 Å². The summed E-state index contributed by atoms with van der Waals surface area (Å²) in [4.78, 5) is 20.5. The number of halogens is 2. The van der Waals surface area contributed by atoms with Crippen LogP contribution in [-0.4, -0.2) is 28.7 Å². The largest absolute Gasteiger partial charge is 0.345 e. The number of anilines is 1. The Kier molecular flexibility index (Phi) is 6.44. The van der Waals surface area contributed by atoms with Gasteiger partial charge in [-0.3, -0.25) is 9.52 Å². The highest BCUT2D eigenvalue weighted by molar-refractivity contribution is 14.2. The van der Waals surface area contributed by atoms with E-state index in [4.69, 9.17) is 0 Å². The van der Waals surface area contributed by atoms with Crippen LogP contribution in [-0.2, 0) is 10.0 Å². The summed E-state index contributed by atoms with van der Waals surface area (Å²) in [5, 5.41) is 0.561. The van der Waals surface area contributed by atoms with E-state index in [-0.39, 0.29) is 27.6 Å². The van der Waals surface area contributed by atoms with Gasteiger partial charge in [0.05, 0.1) is 16.1 Å². The van der Waals surface area contributed by atoms with Gasteiger partial charge in [-0.15, -0.1) is 0 Å². The molecule has 0 amide bonds. The topological polar surface area (TPSA) is 91.9 Å². The van der Waals surface area contributed by atoms with Gasteiger partial charge in [0, 0.05) is 26.9 Å². The first-order valence-corrected chi connectivity index (χ1v) is 14.1. The fourth-order valence-electron chi connectivity index (χ4n) is 3.49. The minimum atomic E-state index is -3.94. The van der Waals surface area contributed by atoms with Crippen LogP contribution in [0, 0.1) is 9.39 Å². The summed E-state index contributed by atoms with van der Waals surface area (Å²) >= 11 is -1.11. The smallest absolute Gasteiger partial charge is 0.261 e. The average Bonchev–Trinajstić information content (AvgIpc) is 3.23. The van der Waals surface area contributed by atoms with Crippen LogP contribution < -0.4 is 4.72 Å². The molecule has 170 valence electrons. The highest BCUT2D eigenvalue weighted by atomic mass is 127. The van der Waals surface area contributed by atoms with E-state index in [0.29, 0.717) is 14.6 Å². The number of aromatic nitrogens is 2. The van der Waals surface area contributed by atoms with Crippen LogP contribution in [0.3, 0.4) is 0 Å². The maximum Gasteiger partial charge on any atom is 0.261 e. The summed E-state index contributed by atoms with van der Waals surface area (Å²) in [5.41, 5.74) is 1.78. The number of rotatable bonds is 7. The van der Waals surface area contributed by atoms with E-state index in [1.54, 1.807) is 30.5 Å². The van der Waals surface area contributed by atoms with Crippen LogP contribution in [0.25, 0.3) is 11.0 Å². The van der Waals surface area contributed by atoms with Crippen molar-refractivity contribution in [3.05, 3.63) is 87.0 Å². The Hall–Kier alpha value is -2.92. The lowest BCUT2D eigenvalue weighted by Crippen LogP contribution is -2.16. The van der Waals surface area contributed by atoms with Crippen LogP contribution in [0.1, 0.15) is 41.3 Å². The van der Waals surface area contributed by atoms with Crippen molar-refractivity contribution in [3.8, 4) is 0 Å². The number of nitrogens with zero attached hydrogens (tertiary/aromatic N) is 1. The zero-order valence-electron chi connectivity index (χ0n) is 17.9. The number of nitrogens with one attached hydrogen (secondary N) is 2. The molecule has 0 radical (unpaired) electrons. The van der Waals surface area contributed by atoms with Gasteiger partial charge in [0.2, 0.25) is 0 Å². The normalized spacial score (nSPS) is 11.8. The van der Waals surface area contributed by atoms with Crippen LogP contribution in [0.2, 0.25) is 0 Å². The number of carbonyl (C=O) groups excluding carboxylic acids is 1. The zero-order chi connectivity index (χ0) is 23.8. The summed E-state index contributed by atoms with van der Waals surface area (Å²) in [6.45, 7) is 4.04. The number of fused-ring (bicyclic) bond motifs is 1. The molecule has 0 atom stereocenters. The number of aromatic amines is 1. The summed E-state index contributed by atoms with van der Waals surface area (Å²) in [6.07, 6.45) is 3.07. The molecule has 6 nitrogen and oxygen atoms in total. The highest BCUT2D eigenvalue weighted by Gasteiger charge is 2.25. The third-order valence-corrected chi connectivity index (χ3v) is 8.51. The minimum absolute atomic E-state index is 0.0833. The zero-order valence-corrected chi connectivity index (χ0v) is 20.9. The molecule has 2 aromatic heterocycles. The number of benzene rings is 2. The minimum Gasteiger partial charge on any atom is -0.345 e. The molecule has 0 aliphatic heterocycles. The summed E-state index contributed by atoms with van der Waals surface area (Å²) < 4.78 is 47.7. The number of sulfonamides is 1. The molecule has 4 rings (SSSR count). The Morgan fingerprint density at radius 3 is 2.55 bits per heavy atom. The molecule has 2 N–H and O–H groups in total. The van der Waals surface area contributed by atoms with E-state index < -0.39 is 42.4 Å². The molecule has 2 aromatic carbocycles. The predicted molar refractivity (Wildman–Crippen MR) is 137 cm³/mol. The van der Waals surface area contributed by atoms with Crippen molar-refractivity contribution in [2.45, 2.75) is 24.7 Å². The molecule has 0 saturated carbocycles. The molecule has 0 bridgehead atoms. The van der Waals surface area contributed by atoms with Gasteiger partial charge in [-0.2, -0.15) is 0 Å². The number of carbonyl (C=O) groups is 1. The van der Waals surface area contributed by atoms with Gasteiger partial charge in [-0.05, 0) is 47.9 Å². The van der Waals surface area contributed by atoms with Crippen LogP contribution >= 0.6 is 20.7 Å². The van der Waals surface area contributed by atoms with E-state index in [0.717, 1.165) is 11.6 Å². The second-order valence-electron chi connectivity index (χ2n) is 7.68. The highest BCUT2D eigenvalue weighted by Crippen LogP contribution is 2.32. The first-order chi connectivity index (χ1) is 15.7. The lowest BCUT2D eigenvalue weighted by molar-refractivity contribution is 0.103. The number of hydrogen-bond donors (Lipinski definition) is 2. The number of H-pyrrole nitrogens is 1. The predicted octanol–water partition coefficient (Wildman–Crippen LogP) is 5.43. The fraction of sp³-hybridized carbons (Fsp3) is 0.125. The molecular formula is C24H21FIN3O3S. The number of ketones is 1.